The van der Waals surface area contributed by atoms with Crippen LogP contribution in [0, 0.1) is 25.5 Å². The summed E-state index contributed by atoms with van der Waals surface area (Å²) in [6.07, 6.45) is 1.68. The van der Waals surface area contributed by atoms with Crippen LogP contribution >= 0.6 is 11.6 Å². The molecule has 0 radical (unpaired) electrons. The number of rotatable bonds is 5. The molecule has 0 saturated carbocycles. The molecule has 0 aliphatic rings. The van der Waals surface area contributed by atoms with Crippen LogP contribution in [0.4, 0.5) is 8.78 Å². The van der Waals surface area contributed by atoms with E-state index in [1.807, 2.05) is 38.1 Å². The van der Waals surface area contributed by atoms with Crippen molar-refractivity contribution in [3.05, 3.63) is 93.8 Å². The highest BCUT2D eigenvalue weighted by Gasteiger charge is 2.17. The first-order valence-corrected chi connectivity index (χ1v) is 9.57. The van der Waals surface area contributed by atoms with Crippen molar-refractivity contribution in [2.24, 2.45) is 0 Å². The lowest BCUT2D eigenvalue weighted by atomic mass is 10.2. The quantitative estimate of drug-likeness (QED) is 0.389. The molecule has 0 amide bonds. The highest BCUT2D eigenvalue weighted by Crippen LogP contribution is 2.32. The Bertz CT molecular complexity index is 1170. The van der Waals surface area contributed by atoms with Crippen molar-refractivity contribution >= 4 is 22.6 Å². The zero-order valence-electron chi connectivity index (χ0n) is 16.0. The molecule has 29 heavy (non-hydrogen) atoms. The van der Waals surface area contributed by atoms with Crippen LogP contribution in [0.5, 0.6) is 5.75 Å². The molecule has 0 bridgehead atoms. The van der Waals surface area contributed by atoms with Crippen molar-refractivity contribution in [3.8, 4) is 5.75 Å². The Morgan fingerprint density at radius 2 is 1.66 bits per heavy atom. The zero-order valence-corrected chi connectivity index (χ0v) is 16.8. The Hall–Kier alpha value is -2.92. The second kappa shape index (κ2) is 7.84. The molecule has 0 fully saturated rings. The molecule has 3 nitrogen and oxygen atoms in total. The maximum absolute atomic E-state index is 13.5. The van der Waals surface area contributed by atoms with Crippen LogP contribution in [-0.2, 0) is 13.2 Å². The number of aryl methyl sites for hydroxylation is 1. The van der Waals surface area contributed by atoms with Crippen LogP contribution in [0.2, 0.25) is 5.02 Å². The van der Waals surface area contributed by atoms with E-state index in [0.29, 0.717) is 22.9 Å². The monoisotopic (exact) mass is 412 g/mol. The van der Waals surface area contributed by atoms with Gasteiger partial charge in [-0.3, -0.25) is 4.98 Å². The normalized spacial score (nSPS) is 11.2. The first kappa shape index (κ1) is 19.4. The number of hydrogen-bond acceptors (Lipinski definition) is 2. The summed E-state index contributed by atoms with van der Waals surface area (Å²) in [5.41, 5.74) is 5.37. The van der Waals surface area contributed by atoms with Gasteiger partial charge in [0.2, 0.25) is 0 Å². The Balaban J connectivity index is 1.72. The molecule has 0 spiro atoms. The zero-order chi connectivity index (χ0) is 20.5. The van der Waals surface area contributed by atoms with Gasteiger partial charge in [-0.1, -0.05) is 23.7 Å². The van der Waals surface area contributed by atoms with Gasteiger partial charge in [-0.25, -0.2) is 8.78 Å². The van der Waals surface area contributed by atoms with Gasteiger partial charge in [-0.05, 0) is 54.8 Å². The molecule has 2 aromatic heterocycles. The van der Waals surface area contributed by atoms with Crippen molar-refractivity contribution in [2.75, 3.05) is 0 Å². The number of ether oxygens (including phenoxy) is 1. The number of halogens is 3. The minimum Gasteiger partial charge on any atom is -0.487 e. The smallest absolute Gasteiger partial charge is 0.147 e. The molecule has 2 heterocycles. The van der Waals surface area contributed by atoms with Crippen LogP contribution in [0.15, 0.2) is 54.7 Å². The van der Waals surface area contributed by atoms with Gasteiger partial charge < -0.3 is 9.30 Å². The topological polar surface area (TPSA) is 27.1 Å². The Morgan fingerprint density at radius 3 is 2.34 bits per heavy atom. The maximum Gasteiger partial charge on any atom is 0.147 e. The lowest BCUT2D eigenvalue weighted by Gasteiger charge is -2.13. The number of pyridine rings is 1. The third kappa shape index (κ3) is 3.96. The predicted molar refractivity (Wildman–Crippen MR) is 110 cm³/mol. The minimum absolute atomic E-state index is 0.0536. The van der Waals surface area contributed by atoms with Crippen LogP contribution in [0.1, 0.15) is 22.4 Å². The SMILES string of the molecule is Cc1c(C)n(Cc2ccc(Cl)cc2)c2c(OCc3cc(F)cc(F)c3)ccnc12. The summed E-state index contributed by atoms with van der Waals surface area (Å²) < 4.78 is 35.1. The lowest BCUT2D eigenvalue weighted by molar-refractivity contribution is 0.307. The van der Waals surface area contributed by atoms with Gasteiger partial charge >= 0.3 is 0 Å². The minimum atomic E-state index is -0.624. The molecule has 4 aromatic rings. The Labute approximate surface area is 172 Å². The average Bonchev–Trinajstić information content (AvgIpc) is 2.93. The van der Waals surface area contributed by atoms with E-state index in [9.17, 15) is 8.78 Å². The number of fused-ring (bicyclic) bond motifs is 1. The fourth-order valence-electron chi connectivity index (χ4n) is 3.45. The number of nitrogens with zero attached hydrogens (tertiary/aromatic N) is 2. The second-order valence-corrected chi connectivity index (χ2v) is 7.43. The van der Waals surface area contributed by atoms with E-state index in [1.165, 1.54) is 12.1 Å². The predicted octanol–water partition coefficient (Wildman–Crippen LogP) is 6.21. The largest absolute Gasteiger partial charge is 0.487 e. The van der Waals surface area contributed by atoms with Crippen molar-refractivity contribution in [1.82, 2.24) is 9.55 Å². The van der Waals surface area contributed by atoms with Crippen molar-refractivity contribution in [2.45, 2.75) is 27.0 Å². The maximum atomic E-state index is 13.5. The Kier molecular flexibility index (Phi) is 5.24. The van der Waals surface area contributed by atoms with E-state index < -0.39 is 11.6 Å². The molecule has 0 N–H and O–H groups in total. The second-order valence-electron chi connectivity index (χ2n) is 7.00. The van der Waals surface area contributed by atoms with E-state index in [1.54, 1.807) is 12.3 Å². The standard InChI is InChI=1S/C23H19ClF2N2O/c1-14-15(2)28(12-16-3-5-18(24)6-4-16)23-21(7-8-27-22(14)23)29-13-17-9-19(25)11-20(26)10-17/h3-11H,12-13H2,1-2H3. The van der Waals surface area contributed by atoms with Crippen molar-refractivity contribution in [3.63, 3.8) is 0 Å². The fraction of sp³-hybridized carbons (Fsp3) is 0.174. The Morgan fingerprint density at radius 1 is 0.966 bits per heavy atom. The van der Waals surface area contributed by atoms with Crippen LogP contribution in [0.3, 0.4) is 0 Å². The molecule has 0 unspecified atom stereocenters. The first-order valence-electron chi connectivity index (χ1n) is 9.19. The van der Waals surface area contributed by atoms with Gasteiger partial charge in [-0.2, -0.15) is 0 Å². The van der Waals surface area contributed by atoms with Gasteiger partial charge in [0.1, 0.15) is 29.5 Å². The summed E-state index contributed by atoms with van der Waals surface area (Å²) in [4.78, 5) is 4.52. The molecule has 2 aromatic carbocycles. The van der Waals surface area contributed by atoms with Crippen molar-refractivity contribution < 1.29 is 13.5 Å². The fourth-order valence-corrected chi connectivity index (χ4v) is 3.58. The third-order valence-electron chi connectivity index (χ3n) is 5.03. The number of hydrogen-bond donors (Lipinski definition) is 0. The summed E-state index contributed by atoms with van der Waals surface area (Å²) in [7, 11) is 0. The highest BCUT2D eigenvalue weighted by molar-refractivity contribution is 6.30. The molecule has 0 saturated heterocycles. The number of benzene rings is 2. The van der Waals surface area contributed by atoms with Gasteiger partial charge in [0.25, 0.3) is 0 Å². The van der Waals surface area contributed by atoms with Gasteiger partial charge in [0, 0.05) is 35.6 Å². The molecular weight excluding hydrogens is 394 g/mol. The summed E-state index contributed by atoms with van der Waals surface area (Å²) in [6, 6.07) is 12.8. The van der Waals surface area contributed by atoms with E-state index in [0.717, 1.165) is 33.9 Å². The molecule has 6 heteroatoms. The molecule has 148 valence electrons. The molecule has 0 aliphatic carbocycles. The summed E-state index contributed by atoms with van der Waals surface area (Å²) in [5, 5.41) is 0.687. The highest BCUT2D eigenvalue weighted by atomic mass is 35.5. The van der Waals surface area contributed by atoms with Crippen molar-refractivity contribution in [1.29, 1.82) is 0 Å². The van der Waals surface area contributed by atoms with E-state index >= 15 is 0 Å². The summed E-state index contributed by atoms with van der Waals surface area (Å²) >= 11 is 6.00. The summed E-state index contributed by atoms with van der Waals surface area (Å²) in [5.74, 6) is -0.632. The molecule has 0 aliphatic heterocycles. The van der Waals surface area contributed by atoms with Crippen LogP contribution in [-0.4, -0.2) is 9.55 Å². The van der Waals surface area contributed by atoms with Crippen LogP contribution in [0.25, 0.3) is 11.0 Å². The van der Waals surface area contributed by atoms with Crippen LogP contribution < -0.4 is 4.74 Å². The van der Waals surface area contributed by atoms with E-state index in [2.05, 4.69) is 9.55 Å². The molecule has 0 atom stereocenters. The van der Waals surface area contributed by atoms with E-state index in [-0.39, 0.29) is 6.61 Å². The van der Waals surface area contributed by atoms with E-state index in [4.69, 9.17) is 16.3 Å². The van der Waals surface area contributed by atoms with Gasteiger partial charge in [0.15, 0.2) is 0 Å². The number of aromatic nitrogens is 2. The van der Waals surface area contributed by atoms with Gasteiger partial charge in [-0.15, -0.1) is 0 Å². The van der Waals surface area contributed by atoms with Gasteiger partial charge in [0.05, 0.1) is 5.52 Å². The molecule has 4 rings (SSSR count). The first-order chi connectivity index (χ1) is 13.9. The third-order valence-corrected chi connectivity index (χ3v) is 5.28. The average molecular weight is 413 g/mol. The summed E-state index contributed by atoms with van der Waals surface area (Å²) in [6.45, 7) is 4.75. The lowest BCUT2D eigenvalue weighted by Crippen LogP contribution is -2.04. The molecular formula is C23H19ClF2N2O.